The van der Waals surface area contributed by atoms with Crippen LogP contribution < -0.4 is 15.0 Å². The van der Waals surface area contributed by atoms with Crippen molar-refractivity contribution < 1.29 is 14.6 Å². The van der Waals surface area contributed by atoms with Crippen molar-refractivity contribution in [1.82, 2.24) is 4.57 Å². The highest BCUT2D eigenvalue weighted by Crippen LogP contribution is 2.29. The van der Waals surface area contributed by atoms with E-state index in [1.807, 2.05) is 30.3 Å². The van der Waals surface area contributed by atoms with Crippen molar-refractivity contribution >= 4 is 22.7 Å². The molecule has 0 aliphatic rings. The second kappa shape index (κ2) is 8.13. The molecule has 0 aliphatic carbocycles. The topological polar surface area (TPSA) is 73.1 Å². The fourth-order valence-electron chi connectivity index (χ4n) is 3.27. The average molecular weight is 400 g/mol. The van der Waals surface area contributed by atoms with Crippen LogP contribution in [0.5, 0.6) is 17.4 Å². The molecule has 0 saturated heterocycles. The molecule has 4 aromatic rings. The Kier molecular flexibility index (Phi) is 5.22. The van der Waals surface area contributed by atoms with Gasteiger partial charge in [-0.05, 0) is 54.6 Å². The van der Waals surface area contributed by atoms with Gasteiger partial charge in [-0.1, -0.05) is 18.2 Å². The van der Waals surface area contributed by atoms with Crippen LogP contribution in [0.3, 0.4) is 0 Å². The second-order valence-corrected chi connectivity index (χ2v) is 6.58. The second-order valence-electron chi connectivity index (χ2n) is 6.58. The Morgan fingerprint density at radius 3 is 2.20 bits per heavy atom. The third-order valence-corrected chi connectivity index (χ3v) is 4.83. The third kappa shape index (κ3) is 3.51. The summed E-state index contributed by atoms with van der Waals surface area (Å²) in [4.78, 5) is 17.7. The Balaban J connectivity index is 1.99. The maximum Gasteiger partial charge on any atom is 0.265 e. The number of benzene rings is 3. The minimum absolute atomic E-state index is 0.203. The van der Waals surface area contributed by atoms with Crippen molar-refractivity contribution in [2.75, 3.05) is 14.2 Å². The molecule has 0 bridgehead atoms. The number of aromatic nitrogens is 1. The van der Waals surface area contributed by atoms with Crippen LogP contribution >= 0.6 is 0 Å². The van der Waals surface area contributed by atoms with E-state index in [0.29, 0.717) is 33.5 Å². The van der Waals surface area contributed by atoms with Gasteiger partial charge < -0.3 is 14.6 Å². The Bertz CT molecular complexity index is 1280. The van der Waals surface area contributed by atoms with E-state index in [4.69, 9.17) is 9.47 Å². The van der Waals surface area contributed by atoms with Crippen molar-refractivity contribution in [1.29, 1.82) is 0 Å². The molecule has 0 radical (unpaired) electrons. The molecule has 0 spiro atoms. The average Bonchev–Trinajstić information content (AvgIpc) is 2.79. The van der Waals surface area contributed by atoms with E-state index >= 15 is 0 Å². The summed E-state index contributed by atoms with van der Waals surface area (Å²) in [7, 11) is 3.12. The van der Waals surface area contributed by atoms with Crippen LogP contribution in [0.15, 0.2) is 82.6 Å². The first kappa shape index (κ1) is 19.3. The quantitative estimate of drug-likeness (QED) is 0.502. The fraction of sp³-hybridized carbons (Fsp3) is 0.0833. The van der Waals surface area contributed by atoms with Crippen LogP contribution in [0.2, 0.25) is 0 Å². The summed E-state index contributed by atoms with van der Waals surface area (Å²) in [5.74, 6) is 1.03. The summed E-state index contributed by atoms with van der Waals surface area (Å²) in [5.41, 5.74) is 1.33. The summed E-state index contributed by atoms with van der Waals surface area (Å²) in [6.45, 7) is 0. The minimum atomic E-state index is -0.341. The SMILES string of the molecule is COc1ccc(-n2c(O)c(C=Nc3ccccc3)c3cc(OC)ccc3c2=O)cc1. The van der Waals surface area contributed by atoms with Crippen LogP contribution in [-0.2, 0) is 0 Å². The number of aliphatic imine (C=N–C) groups is 1. The highest BCUT2D eigenvalue weighted by molar-refractivity contribution is 6.03. The predicted molar refractivity (Wildman–Crippen MR) is 118 cm³/mol. The molecule has 0 aliphatic heterocycles. The summed E-state index contributed by atoms with van der Waals surface area (Å²) in [5, 5.41) is 12.1. The van der Waals surface area contributed by atoms with Gasteiger partial charge in [-0.15, -0.1) is 0 Å². The van der Waals surface area contributed by atoms with Gasteiger partial charge in [0.05, 0.1) is 31.2 Å². The first-order chi connectivity index (χ1) is 14.6. The molecular formula is C24H20N2O4. The van der Waals surface area contributed by atoms with Crippen LogP contribution in [0.25, 0.3) is 16.5 Å². The van der Waals surface area contributed by atoms with E-state index < -0.39 is 0 Å². The number of pyridine rings is 1. The highest BCUT2D eigenvalue weighted by Gasteiger charge is 2.17. The van der Waals surface area contributed by atoms with Gasteiger partial charge in [0.2, 0.25) is 5.88 Å². The first-order valence-electron chi connectivity index (χ1n) is 9.31. The molecule has 30 heavy (non-hydrogen) atoms. The number of fused-ring (bicyclic) bond motifs is 1. The number of aromatic hydroxyl groups is 1. The monoisotopic (exact) mass is 400 g/mol. The molecule has 0 fully saturated rings. The lowest BCUT2D eigenvalue weighted by Gasteiger charge is -2.14. The highest BCUT2D eigenvalue weighted by atomic mass is 16.5. The molecule has 0 unspecified atom stereocenters. The molecule has 0 atom stereocenters. The summed E-state index contributed by atoms with van der Waals surface area (Å²) in [6, 6.07) is 21.4. The molecule has 150 valence electrons. The molecule has 1 heterocycles. The van der Waals surface area contributed by atoms with E-state index in [9.17, 15) is 9.90 Å². The molecule has 4 rings (SSSR count). The largest absolute Gasteiger partial charge is 0.497 e. The Labute approximate surface area is 173 Å². The van der Waals surface area contributed by atoms with E-state index in [1.165, 1.54) is 4.57 Å². The van der Waals surface area contributed by atoms with Crippen molar-refractivity contribution in [3.8, 4) is 23.1 Å². The van der Waals surface area contributed by atoms with Gasteiger partial charge in [0.15, 0.2) is 0 Å². The zero-order valence-electron chi connectivity index (χ0n) is 16.6. The Morgan fingerprint density at radius 2 is 1.53 bits per heavy atom. The van der Waals surface area contributed by atoms with Gasteiger partial charge in [-0.25, -0.2) is 4.57 Å². The zero-order valence-corrected chi connectivity index (χ0v) is 16.6. The van der Waals surface area contributed by atoms with Gasteiger partial charge in [0.1, 0.15) is 11.5 Å². The molecule has 6 nitrogen and oxygen atoms in total. The van der Waals surface area contributed by atoms with Gasteiger partial charge in [-0.2, -0.15) is 0 Å². The van der Waals surface area contributed by atoms with Crippen molar-refractivity contribution in [2.24, 2.45) is 4.99 Å². The van der Waals surface area contributed by atoms with E-state index in [2.05, 4.69) is 4.99 Å². The number of methoxy groups -OCH3 is 2. The van der Waals surface area contributed by atoms with Gasteiger partial charge in [-0.3, -0.25) is 9.79 Å². The number of nitrogens with zero attached hydrogens (tertiary/aromatic N) is 2. The molecule has 0 amide bonds. The standard InChI is InChI=1S/C24H20N2O4/c1-29-18-10-8-17(9-11-18)26-23(27)20-13-12-19(30-2)14-21(20)22(24(26)28)15-25-16-6-4-3-5-7-16/h3-15,28H,1-2H3. The number of rotatable bonds is 5. The molecule has 0 saturated carbocycles. The minimum Gasteiger partial charge on any atom is -0.497 e. The van der Waals surface area contributed by atoms with Gasteiger partial charge >= 0.3 is 0 Å². The molecule has 1 aromatic heterocycles. The van der Waals surface area contributed by atoms with Gasteiger partial charge in [0.25, 0.3) is 5.56 Å². The lowest BCUT2D eigenvalue weighted by atomic mass is 10.1. The molecule has 6 heteroatoms. The maximum absolute atomic E-state index is 13.2. The number of ether oxygens (including phenoxy) is 2. The van der Waals surface area contributed by atoms with Gasteiger partial charge in [0, 0.05) is 17.0 Å². The van der Waals surface area contributed by atoms with Crippen LogP contribution in [0.4, 0.5) is 5.69 Å². The molecular weight excluding hydrogens is 380 g/mol. The lowest BCUT2D eigenvalue weighted by molar-refractivity contribution is 0.414. The Hall–Kier alpha value is -4.06. The summed E-state index contributed by atoms with van der Waals surface area (Å²) in [6.07, 6.45) is 1.56. The van der Waals surface area contributed by atoms with Crippen LogP contribution in [-0.4, -0.2) is 30.1 Å². The normalized spacial score (nSPS) is 11.1. The summed E-state index contributed by atoms with van der Waals surface area (Å²) < 4.78 is 11.8. The Morgan fingerprint density at radius 1 is 0.867 bits per heavy atom. The van der Waals surface area contributed by atoms with E-state index in [0.717, 1.165) is 5.69 Å². The van der Waals surface area contributed by atoms with Crippen LogP contribution in [0.1, 0.15) is 5.56 Å². The lowest BCUT2D eigenvalue weighted by Crippen LogP contribution is -2.20. The smallest absolute Gasteiger partial charge is 0.265 e. The fourth-order valence-corrected chi connectivity index (χ4v) is 3.27. The first-order valence-corrected chi connectivity index (χ1v) is 9.31. The zero-order chi connectivity index (χ0) is 21.1. The van der Waals surface area contributed by atoms with Crippen molar-refractivity contribution in [2.45, 2.75) is 0 Å². The number of hydrogen-bond donors (Lipinski definition) is 1. The van der Waals surface area contributed by atoms with E-state index in [-0.39, 0.29) is 11.4 Å². The summed E-state index contributed by atoms with van der Waals surface area (Å²) >= 11 is 0. The molecule has 3 aromatic carbocycles. The number of hydrogen-bond acceptors (Lipinski definition) is 5. The third-order valence-electron chi connectivity index (χ3n) is 4.83. The van der Waals surface area contributed by atoms with Crippen molar-refractivity contribution in [3.05, 3.63) is 88.7 Å². The van der Waals surface area contributed by atoms with Crippen LogP contribution in [0, 0.1) is 0 Å². The number of para-hydroxylation sites is 1. The maximum atomic E-state index is 13.2. The van der Waals surface area contributed by atoms with Crippen molar-refractivity contribution in [3.63, 3.8) is 0 Å². The molecule has 1 N–H and O–H groups in total. The van der Waals surface area contributed by atoms with E-state index in [1.54, 1.807) is 62.9 Å². The predicted octanol–water partition coefficient (Wildman–Crippen LogP) is 4.46.